The molecule has 2 rings (SSSR count). The summed E-state index contributed by atoms with van der Waals surface area (Å²) in [5.41, 5.74) is -0.0269. The summed E-state index contributed by atoms with van der Waals surface area (Å²) in [6.07, 6.45) is -3.32. The second-order valence-corrected chi connectivity index (χ2v) is 6.75. The van der Waals surface area contributed by atoms with Crippen molar-refractivity contribution in [2.24, 2.45) is 0 Å². The van der Waals surface area contributed by atoms with E-state index in [9.17, 15) is 25.4 Å². The fraction of sp³-hybridized carbons (Fsp3) is 0.455. The Morgan fingerprint density at radius 3 is 2.63 bits per heavy atom. The molecule has 0 radical (unpaired) electrons. The van der Waals surface area contributed by atoms with Crippen LogP contribution in [0.1, 0.15) is 0 Å². The Kier molecular flexibility index (Phi) is 4.69. The van der Waals surface area contributed by atoms with Gasteiger partial charge in [-0.15, -0.1) is 23.5 Å². The van der Waals surface area contributed by atoms with Crippen LogP contribution < -0.4 is 0 Å². The van der Waals surface area contributed by atoms with Crippen LogP contribution in [-0.2, 0) is 0 Å². The normalized spacial score (nSPS) is 31.1. The number of rotatable bonds is 3. The molecular formula is C11H13NO5S2. The highest BCUT2D eigenvalue weighted by atomic mass is 32.2. The van der Waals surface area contributed by atoms with Crippen molar-refractivity contribution < 1.29 is 20.2 Å². The summed E-state index contributed by atoms with van der Waals surface area (Å²) in [5, 5.41) is 39.8. The van der Waals surface area contributed by atoms with Crippen LogP contribution in [0.5, 0.6) is 0 Å². The van der Waals surface area contributed by atoms with E-state index in [1.165, 1.54) is 17.8 Å². The Morgan fingerprint density at radius 2 is 1.95 bits per heavy atom. The maximum Gasteiger partial charge on any atom is 0.282 e. The minimum atomic E-state index is -1.22. The number of benzene rings is 1. The first-order valence-corrected chi connectivity index (χ1v) is 7.49. The second-order valence-electron chi connectivity index (χ2n) is 4.09. The van der Waals surface area contributed by atoms with E-state index in [-0.39, 0.29) is 11.4 Å². The van der Waals surface area contributed by atoms with Crippen molar-refractivity contribution in [1.82, 2.24) is 0 Å². The van der Waals surface area contributed by atoms with Crippen LogP contribution in [0.15, 0.2) is 29.2 Å². The maximum atomic E-state index is 10.9. The Hall–Kier alpha value is -0.800. The summed E-state index contributed by atoms with van der Waals surface area (Å²) < 4.78 is -0.445. The van der Waals surface area contributed by atoms with Crippen LogP contribution >= 0.6 is 23.5 Å². The van der Waals surface area contributed by atoms with Crippen molar-refractivity contribution in [1.29, 1.82) is 0 Å². The molecule has 1 heterocycles. The quantitative estimate of drug-likeness (QED) is 0.561. The number of para-hydroxylation sites is 1. The van der Waals surface area contributed by atoms with Crippen LogP contribution in [0.3, 0.4) is 0 Å². The number of hydrogen-bond donors (Lipinski definition) is 3. The summed E-state index contributed by atoms with van der Waals surface area (Å²) >= 11 is 2.41. The predicted octanol–water partition coefficient (Wildman–Crippen LogP) is 0.842. The van der Waals surface area contributed by atoms with E-state index >= 15 is 0 Å². The van der Waals surface area contributed by atoms with Crippen molar-refractivity contribution in [2.75, 3.05) is 5.75 Å². The standard InChI is InChI=1S/C11H13NO5S2/c13-7-5-18-11(10(15)9(7)14)19-8-4-2-1-3-6(8)12(16)17/h1-4,7,9-11,13-15H,5H2/t7-,9+,10-,11+/m1/s1. The lowest BCUT2D eigenvalue weighted by molar-refractivity contribution is -0.387. The molecule has 6 nitrogen and oxygen atoms in total. The average molecular weight is 303 g/mol. The topological polar surface area (TPSA) is 104 Å². The van der Waals surface area contributed by atoms with Gasteiger partial charge in [-0.3, -0.25) is 10.1 Å². The van der Waals surface area contributed by atoms with E-state index in [1.54, 1.807) is 18.2 Å². The Balaban J connectivity index is 2.15. The molecule has 0 saturated carbocycles. The third-order valence-electron chi connectivity index (χ3n) is 2.76. The molecule has 0 aromatic heterocycles. The molecule has 1 aromatic rings. The second kappa shape index (κ2) is 6.10. The zero-order valence-electron chi connectivity index (χ0n) is 9.75. The van der Waals surface area contributed by atoms with Crippen LogP contribution in [0.25, 0.3) is 0 Å². The summed E-state index contributed by atoms with van der Waals surface area (Å²) in [5.74, 6) is 0.288. The number of nitro benzene ring substituents is 1. The fourth-order valence-electron chi connectivity index (χ4n) is 1.72. The minimum Gasteiger partial charge on any atom is -0.389 e. The van der Waals surface area contributed by atoms with Gasteiger partial charge in [-0.1, -0.05) is 12.1 Å². The van der Waals surface area contributed by atoms with Gasteiger partial charge < -0.3 is 15.3 Å². The zero-order valence-corrected chi connectivity index (χ0v) is 11.4. The van der Waals surface area contributed by atoms with E-state index < -0.39 is 27.8 Å². The highest BCUT2D eigenvalue weighted by Gasteiger charge is 2.38. The third-order valence-corrected chi connectivity index (χ3v) is 5.71. The van der Waals surface area contributed by atoms with Crippen molar-refractivity contribution in [2.45, 2.75) is 27.8 Å². The molecular weight excluding hydrogens is 290 g/mol. The lowest BCUT2D eigenvalue weighted by Crippen LogP contribution is -2.47. The van der Waals surface area contributed by atoms with Gasteiger partial charge in [-0.2, -0.15) is 0 Å². The van der Waals surface area contributed by atoms with Crippen molar-refractivity contribution in [3.8, 4) is 0 Å². The first-order valence-electron chi connectivity index (χ1n) is 5.56. The van der Waals surface area contributed by atoms with Gasteiger partial charge in [0.1, 0.15) is 12.2 Å². The molecule has 1 aliphatic rings. The van der Waals surface area contributed by atoms with Gasteiger partial charge >= 0.3 is 0 Å². The van der Waals surface area contributed by atoms with Crippen molar-refractivity contribution in [3.05, 3.63) is 34.4 Å². The lowest BCUT2D eigenvalue weighted by Gasteiger charge is -2.34. The van der Waals surface area contributed by atoms with Crippen LogP contribution in [0.4, 0.5) is 5.69 Å². The predicted molar refractivity (Wildman–Crippen MR) is 73.2 cm³/mol. The van der Waals surface area contributed by atoms with E-state index in [2.05, 4.69) is 0 Å². The Morgan fingerprint density at radius 1 is 1.26 bits per heavy atom. The number of nitro groups is 1. The Labute approximate surface area is 118 Å². The highest BCUT2D eigenvalue weighted by molar-refractivity contribution is 8.17. The molecule has 0 spiro atoms. The molecule has 19 heavy (non-hydrogen) atoms. The van der Waals surface area contributed by atoms with E-state index in [0.29, 0.717) is 4.90 Å². The highest BCUT2D eigenvalue weighted by Crippen LogP contribution is 2.41. The number of aliphatic hydroxyl groups excluding tert-OH is 3. The number of nitrogens with zero attached hydrogens (tertiary/aromatic N) is 1. The van der Waals surface area contributed by atoms with E-state index in [1.807, 2.05) is 0 Å². The number of aliphatic hydroxyl groups is 3. The summed E-state index contributed by atoms with van der Waals surface area (Å²) in [6.45, 7) is 0. The van der Waals surface area contributed by atoms with Crippen molar-refractivity contribution >= 4 is 29.2 Å². The molecule has 0 aliphatic carbocycles. The molecule has 1 saturated heterocycles. The zero-order chi connectivity index (χ0) is 14.0. The summed E-state index contributed by atoms with van der Waals surface area (Å²) in [6, 6.07) is 6.26. The Bertz CT molecular complexity index is 472. The fourth-order valence-corrected chi connectivity index (χ4v) is 4.45. The monoisotopic (exact) mass is 303 g/mol. The van der Waals surface area contributed by atoms with Crippen molar-refractivity contribution in [3.63, 3.8) is 0 Å². The van der Waals surface area contributed by atoms with E-state index in [0.717, 1.165) is 11.8 Å². The first-order chi connectivity index (χ1) is 9.00. The third kappa shape index (κ3) is 3.21. The van der Waals surface area contributed by atoms with Crippen LogP contribution in [0, 0.1) is 10.1 Å². The molecule has 1 aliphatic heterocycles. The van der Waals surface area contributed by atoms with Gasteiger partial charge in [0.15, 0.2) is 0 Å². The average Bonchev–Trinajstić information content (AvgIpc) is 2.40. The van der Waals surface area contributed by atoms with Gasteiger partial charge in [-0.25, -0.2) is 0 Å². The molecule has 1 fully saturated rings. The molecule has 3 N–H and O–H groups in total. The SMILES string of the molecule is O=[N+]([O-])c1ccccc1S[C@@H]1SC[C@@H](O)[C@H](O)[C@H]1O. The molecule has 4 atom stereocenters. The van der Waals surface area contributed by atoms with Gasteiger partial charge in [-0.05, 0) is 6.07 Å². The summed E-state index contributed by atoms with van der Waals surface area (Å²) in [4.78, 5) is 10.9. The van der Waals surface area contributed by atoms with Gasteiger partial charge in [0, 0.05) is 11.8 Å². The molecule has 104 valence electrons. The van der Waals surface area contributed by atoms with E-state index in [4.69, 9.17) is 0 Å². The smallest absolute Gasteiger partial charge is 0.282 e. The van der Waals surface area contributed by atoms with Gasteiger partial charge in [0.25, 0.3) is 5.69 Å². The number of thioether (sulfide) groups is 2. The maximum absolute atomic E-state index is 10.9. The molecule has 8 heteroatoms. The van der Waals surface area contributed by atoms with Crippen LogP contribution in [-0.4, -0.2) is 48.9 Å². The van der Waals surface area contributed by atoms with Gasteiger partial charge in [0.2, 0.25) is 0 Å². The first kappa shape index (κ1) is 14.6. The molecule has 0 bridgehead atoms. The number of hydrogen-bond acceptors (Lipinski definition) is 7. The minimum absolute atomic E-state index is 0.0269. The summed E-state index contributed by atoms with van der Waals surface area (Å²) in [7, 11) is 0. The molecule has 0 unspecified atom stereocenters. The van der Waals surface area contributed by atoms with Gasteiger partial charge in [0.05, 0.1) is 20.5 Å². The molecule has 0 amide bonds. The molecule has 1 aromatic carbocycles. The largest absolute Gasteiger partial charge is 0.389 e. The lowest BCUT2D eigenvalue weighted by atomic mass is 10.1. The van der Waals surface area contributed by atoms with Crippen LogP contribution in [0.2, 0.25) is 0 Å².